The molecule has 6 nitrogen and oxygen atoms in total. The van der Waals surface area contributed by atoms with E-state index in [-0.39, 0.29) is 17.7 Å². The number of nitrogens with zero attached hydrogens (tertiary/aromatic N) is 2. The average Bonchev–Trinajstić information content (AvgIpc) is 3.00. The molecule has 1 aromatic carbocycles. The highest BCUT2D eigenvalue weighted by molar-refractivity contribution is 6.02. The number of nitrogens with one attached hydrogen (secondary N) is 2. The van der Waals surface area contributed by atoms with Crippen LogP contribution in [0.1, 0.15) is 43.2 Å². The van der Waals surface area contributed by atoms with E-state index in [0.29, 0.717) is 18.9 Å². The Balaban J connectivity index is 1.73. The molecule has 1 aromatic heterocycles. The Kier molecular flexibility index (Phi) is 3.61. The molecule has 2 aliphatic rings. The van der Waals surface area contributed by atoms with Gasteiger partial charge in [-0.05, 0) is 44.0 Å². The summed E-state index contributed by atoms with van der Waals surface area (Å²) in [5.41, 5.74) is 2.06. The van der Waals surface area contributed by atoms with Crippen molar-refractivity contribution >= 4 is 22.7 Å². The number of fused-ring (bicyclic) bond motifs is 1. The zero-order valence-electron chi connectivity index (χ0n) is 12.9. The maximum Gasteiger partial charge on any atom is 0.234 e. The Hall–Kier alpha value is -2.21. The van der Waals surface area contributed by atoms with E-state index >= 15 is 0 Å². The molecule has 2 aromatic rings. The quantitative estimate of drug-likeness (QED) is 0.824. The van der Waals surface area contributed by atoms with E-state index in [0.717, 1.165) is 42.4 Å². The number of aromatic nitrogens is 2. The van der Waals surface area contributed by atoms with Crippen LogP contribution in [0.15, 0.2) is 24.4 Å². The van der Waals surface area contributed by atoms with E-state index in [2.05, 4.69) is 26.5 Å². The average molecular weight is 312 g/mol. The van der Waals surface area contributed by atoms with E-state index in [9.17, 15) is 9.59 Å². The summed E-state index contributed by atoms with van der Waals surface area (Å²) < 4.78 is 2.10. The molecule has 2 aliphatic heterocycles. The van der Waals surface area contributed by atoms with Gasteiger partial charge in [-0.25, -0.2) is 0 Å². The number of imide groups is 1. The minimum absolute atomic E-state index is 0.177. The SMILES string of the molecule is O=C1CCC(c2cccc3c2cnn3C2CCNCC2)C(=O)N1. The van der Waals surface area contributed by atoms with Gasteiger partial charge in [0.05, 0.1) is 23.7 Å². The third-order valence-corrected chi connectivity index (χ3v) is 4.94. The fraction of sp³-hybridized carbons (Fsp3) is 0.471. The first-order valence-corrected chi connectivity index (χ1v) is 8.24. The highest BCUT2D eigenvalue weighted by Crippen LogP contribution is 2.32. The summed E-state index contributed by atoms with van der Waals surface area (Å²) in [6.45, 7) is 2.03. The summed E-state index contributed by atoms with van der Waals surface area (Å²) in [6, 6.07) is 6.45. The first-order valence-electron chi connectivity index (χ1n) is 8.24. The van der Waals surface area contributed by atoms with Gasteiger partial charge < -0.3 is 5.32 Å². The molecule has 3 heterocycles. The Bertz CT molecular complexity index is 761. The van der Waals surface area contributed by atoms with E-state index in [1.807, 2.05) is 18.3 Å². The van der Waals surface area contributed by atoms with Crippen molar-refractivity contribution in [1.29, 1.82) is 0 Å². The lowest BCUT2D eigenvalue weighted by Crippen LogP contribution is -2.39. The van der Waals surface area contributed by atoms with Crippen molar-refractivity contribution in [1.82, 2.24) is 20.4 Å². The zero-order chi connectivity index (χ0) is 15.8. The van der Waals surface area contributed by atoms with Crippen LogP contribution in [0.5, 0.6) is 0 Å². The summed E-state index contributed by atoms with van der Waals surface area (Å²) in [7, 11) is 0. The molecule has 120 valence electrons. The standard InChI is InChI=1S/C17H20N4O2/c22-16-5-4-13(17(23)20-16)12-2-1-3-15-14(12)10-19-21(15)11-6-8-18-9-7-11/h1-3,10-11,13,18H,4-9H2,(H,20,22,23). The fourth-order valence-corrected chi connectivity index (χ4v) is 3.73. The largest absolute Gasteiger partial charge is 0.317 e. The molecule has 0 radical (unpaired) electrons. The van der Waals surface area contributed by atoms with Crippen LogP contribution in [0.3, 0.4) is 0 Å². The molecular weight excluding hydrogens is 292 g/mol. The number of amides is 2. The van der Waals surface area contributed by atoms with Gasteiger partial charge in [0.2, 0.25) is 11.8 Å². The second-order valence-electron chi connectivity index (χ2n) is 6.35. The third-order valence-electron chi connectivity index (χ3n) is 4.94. The molecule has 4 rings (SSSR count). The molecule has 0 spiro atoms. The molecule has 0 bridgehead atoms. The summed E-state index contributed by atoms with van der Waals surface area (Å²) in [4.78, 5) is 23.6. The first-order chi connectivity index (χ1) is 11.2. The number of benzene rings is 1. The second kappa shape index (κ2) is 5.77. The minimum atomic E-state index is -0.262. The van der Waals surface area contributed by atoms with Gasteiger partial charge in [-0.15, -0.1) is 0 Å². The summed E-state index contributed by atoms with van der Waals surface area (Å²) in [5.74, 6) is -0.630. The molecule has 0 saturated carbocycles. The summed E-state index contributed by atoms with van der Waals surface area (Å²) in [5, 5.41) is 11.5. The lowest BCUT2D eigenvalue weighted by Gasteiger charge is -2.24. The van der Waals surface area contributed by atoms with Crippen molar-refractivity contribution in [3.63, 3.8) is 0 Å². The van der Waals surface area contributed by atoms with Crippen LogP contribution >= 0.6 is 0 Å². The van der Waals surface area contributed by atoms with E-state index < -0.39 is 0 Å². The van der Waals surface area contributed by atoms with Gasteiger partial charge in [0, 0.05) is 11.8 Å². The molecule has 0 aliphatic carbocycles. The lowest BCUT2D eigenvalue weighted by atomic mass is 9.88. The number of carbonyl (C=O) groups is 2. The van der Waals surface area contributed by atoms with E-state index in [1.165, 1.54) is 0 Å². The predicted molar refractivity (Wildman–Crippen MR) is 86.0 cm³/mol. The monoisotopic (exact) mass is 312 g/mol. The highest BCUT2D eigenvalue weighted by Gasteiger charge is 2.30. The van der Waals surface area contributed by atoms with Crippen molar-refractivity contribution < 1.29 is 9.59 Å². The van der Waals surface area contributed by atoms with Crippen molar-refractivity contribution in [2.75, 3.05) is 13.1 Å². The maximum absolute atomic E-state index is 12.2. The predicted octanol–water partition coefficient (Wildman–Crippen LogP) is 1.48. The van der Waals surface area contributed by atoms with Gasteiger partial charge in [-0.2, -0.15) is 5.10 Å². The van der Waals surface area contributed by atoms with Crippen molar-refractivity contribution in [3.8, 4) is 0 Å². The van der Waals surface area contributed by atoms with Gasteiger partial charge in [0.25, 0.3) is 0 Å². The van der Waals surface area contributed by atoms with Crippen molar-refractivity contribution in [3.05, 3.63) is 30.0 Å². The van der Waals surface area contributed by atoms with Crippen LogP contribution in [-0.4, -0.2) is 34.7 Å². The number of rotatable bonds is 2. The van der Waals surface area contributed by atoms with Gasteiger partial charge in [-0.3, -0.25) is 19.6 Å². The summed E-state index contributed by atoms with van der Waals surface area (Å²) >= 11 is 0. The van der Waals surface area contributed by atoms with Crippen LogP contribution in [0.25, 0.3) is 10.9 Å². The van der Waals surface area contributed by atoms with Gasteiger partial charge >= 0.3 is 0 Å². The lowest BCUT2D eigenvalue weighted by molar-refractivity contribution is -0.134. The number of hydrogen-bond donors (Lipinski definition) is 2. The minimum Gasteiger partial charge on any atom is -0.317 e. The molecular formula is C17H20N4O2. The topological polar surface area (TPSA) is 76.0 Å². The van der Waals surface area contributed by atoms with Crippen molar-refractivity contribution in [2.24, 2.45) is 0 Å². The maximum atomic E-state index is 12.2. The smallest absolute Gasteiger partial charge is 0.234 e. The van der Waals surface area contributed by atoms with Gasteiger partial charge in [0.15, 0.2) is 0 Å². The molecule has 2 saturated heterocycles. The third kappa shape index (κ3) is 2.53. The molecule has 1 atom stereocenters. The Morgan fingerprint density at radius 2 is 1.96 bits per heavy atom. The first kappa shape index (κ1) is 14.4. The Morgan fingerprint density at radius 3 is 2.74 bits per heavy atom. The Morgan fingerprint density at radius 1 is 1.13 bits per heavy atom. The Labute approximate surface area is 134 Å². The molecule has 2 N–H and O–H groups in total. The second-order valence-corrected chi connectivity index (χ2v) is 6.35. The number of piperidine rings is 2. The zero-order valence-corrected chi connectivity index (χ0v) is 12.9. The van der Waals surface area contributed by atoms with Gasteiger partial charge in [0.1, 0.15) is 0 Å². The molecule has 2 fully saturated rings. The van der Waals surface area contributed by atoms with Crippen LogP contribution in [0, 0.1) is 0 Å². The van der Waals surface area contributed by atoms with E-state index in [1.54, 1.807) is 0 Å². The van der Waals surface area contributed by atoms with Crippen molar-refractivity contribution in [2.45, 2.75) is 37.6 Å². The normalized spacial score (nSPS) is 23.2. The van der Waals surface area contributed by atoms with E-state index in [4.69, 9.17) is 0 Å². The molecule has 6 heteroatoms. The highest BCUT2D eigenvalue weighted by atomic mass is 16.2. The van der Waals surface area contributed by atoms with Crippen LogP contribution in [-0.2, 0) is 9.59 Å². The molecule has 23 heavy (non-hydrogen) atoms. The van der Waals surface area contributed by atoms with Crippen LogP contribution < -0.4 is 10.6 Å². The number of hydrogen-bond acceptors (Lipinski definition) is 4. The fourth-order valence-electron chi connectivity index (χ4n) is 3.73. The molecule has 1 unspecified atom stereocenters. The van der Waals surface area contributed by atoms with Crippen LogP contribution in [0.4, 0.5) is 0 Å². The molecule has 2 amide bonds. The summed E-state index contributed by atoms with van der Waals surface area (Å²) in [6.07, 6.45) is 4.98. The van der Waals surface area contributed by atoms with Gasteiger partial charge in [-0.1, -0.05) is 12.1 Å². The number of carbonyl (C=O) groups excluding carboxylic acids is 2. The van der Waals surface area contributed by atoms with Crippen LogP contribution in [0.2, 0.25) is 0 Å².